The van der Waals surface area contributed by atoms with Gasteiger partial charge in [-0.2, -0.15) is 0 Å². The minimum absolute atomic E-state index is 0.250. The van der Waals surface area contributed by atoms with Crippen molar-refractivity contribution in [1.29, 1.82) is 0 Å². The second-order valence-electron chi connectivity index (χ2n) is 1.84. The summed E-state index contributed by atoms with van der Waals surface area (Å²) in [5.41, 5.74) is 0. The number of ether oxygens (including phenoxy) is 2. The Balaban J connectivity index is -0.000000168. The van der Waals surface area contributed by atoms with Crippen LogP contribution in [-0.2, 0) is 9.47 Å². The maximum atomic E-state index is 10.2. The van der Waals surface area contributed by atoms with Crippen LogP contribution < -0.4 is 0 Å². The van der Waals surface area contributed by atoms with Crippen LogP contribution in [0.1, 0.15) is 27.7 Å². The van der Waals surface area contributed by atoms with Gasteiger partial charge < -0.3 is 14.6 Å². The second-order valence-corrected chi connectivity index (χ2v) is 1.84. The van der Waals surface area contributed by atoms with Crippen LogP contribution in [0.2, 0.25) is 0 Å². The van der Waals surface area contributed by atoms with Gasteiger partial charge in [0.2, 0.25) is 0 Å². The van der Waals surface area contributed by atoms with Crippen molar-refractivity contribution in [2.24, 2.45) is 0 Å². The average molecular weight is 206 g/mol. The van der Waals surface area contributed by atoms with Crippen molar-refractivity contribution < 1.29 is 19.4 Å². The molecule has 0 bridgehead atoms. The second kappa shape index (κ2) is 22.7. The first-order valence-electron chi connectivity index (χ1n) is 4.61. The number of hydrogen-bond donors (Lipinski definition) is 1. The van der Waals surface area contributed by atoms with E-state index in [9.17, 15) is 4.79 Å². The first-order chi connectivity index (χ1) is 6.64. The summed E-state index contributed by atoms with van der Waals surface area (Å²) in [6, 6.07) is 0. The van der Waals surface area contributed by atoms with Crippen molar-refractivity contribution in [2.45, 2.75) is 27.7 Å². The lowest BCUT2D eigenvalue weighted by molar-refractivity contribution is 0.0630. The van der Waals surface area contributed by atoms with Gasteiger partial charge in [-0.3, -0.25) is 0 Å². The molecule has 0 saturated carbocycles. The lowest BCUT2D eigenvalue weighted by atomic mass is 10.8. The van der Waals surface area contributed by atoms with Crippen LogP contribution in [0, 0.1) is 0 Å². The molecule has 0 radical (unpaired) electrons. The molecule has 0 aromatic rings. The monoisotopic (exact) mass is 206 g/mol. The number of carbonyl (C=O) groups excluding carboxylic acids is 1. The van der Waals surface area contributed by atoms with E-state index in [0.29, 0.717) is 13.2 Å². The van der Waals surface area contributed by atoms with Crippen molar-refractivity contribution >= 4 is 6.16 Å². The van der Waals surface area contributed by atoms with Crippen LogP contribution in [0.5, 0.6) is 0 Å². The van der Waals surface area contributed by atoms with Gasteiger partial charge in [0.05, 0.1) is 13.2 Å². The lowest BCUT2D eigenvalue weighted by Gasteiger charge is -1.98. The Kier molecular flexibility index (Phi) is 30.3. The summed E-state index contributed by atoms with van der Waals surface area (Å²) in [5.74, 6) is 0. The molecule has 0 spiro atoms. The molecule has 4 nitrogen and oxygen atoms in total. The van der Waals surface area contributed by atoms with Crippen molar-refractivity contribution in [3.05, 3.63) is 12.7 Å². The Morgan fingerprint density at radius 2 is 1.50 bits per heavy atom. The molecule has 4 heteroatoms. The Morgan fingerprint density at radius 1 is 1.29 bits per heavy atom. The molecule has 0 aliphatic heterocycles. The first-order valence-corrected chi connectivity index (χ1v) is 4.61. The van der Waals surface area contributed by atoms with Gasteiger partial charge >= 0.3 is 6.16 Å². The number of rotatable bonds is 2. The molecule has 0 aliphatic carbocycles. The Bertz CT molecular complexity index is 105. The van der Waals surface area contributed by atoms with E-state index in [1.165, 1.54) is 0 Å². The Labute approximate surface area is 86.5 Å². The molecular weight excluding hydrogens is 184 g/mol. The summed E-state index contributed by atoms with van der Waals surface area (Å²) in [6.45, 7) is 11.4. The third kappa shape index (κ3) is 44.1. The summed E-state index contributed by atoms with van der Waals surface area (Å²) in [7, 11) is 0. The number of allylic oxidation sites excluding steroid dienone is 1. The van der Waals surface area contributed by atoms with E-state index in [0.717, 1.165) is 0 Å². The van der Waals surface area contributed by atoms with E-state index in [-0.39, 0.29) is 6.61 Å². The number of hydrogen-bond acceptors (Lipinski definition) is 4. The van der Waals surface area contributed by atoms with Gasteiger partial charge in [-0.05, 0) is 27.7 Å². The maximum Gasteiger partial charge on any atom is 0.508 e. The normalized spacial score (nSPS) is 6.93. The third-order valence-corrected chi connectivity index (χ3v) is 0.524. The molecule has 0 saturated heterocycles. The molecule has 0 rings (SSSR count). The maximum absolute atomic E-state index is 10.2. The zero-order valence-electron chi connectivity index (χ0n) is 9.58. The minimum Gasteiger partial charge on any atom is -0.435 e. The van der Waals surface area contributed by atoms with E-state index in [1.54, 1.807) is 26.8 Å². The predicted molar refractivity (Wildman–Crippen MR) is 57.3 cm³/mol. The van der Waals surface area contributed by atoms with Crippen LogP contribution in [-0.4, -0.2) is 31.1 Å². The molecule has 0 aromatic carbocycles. The summed E-state index contributed by atoms with van der Waals surface area (Å²) in [5, 5.41) is 7.57. The minimum atomic E-state index is -0.588. The largest absolute Gasteiger partial charge is 0.508 e. The summed E-state index contributed by atoms with van der Waals surface area (Å²) >= 11 is 0. The zero-order chi connectivity index (χ0) is 11.8. The topological polar surface area (TPSA) is 55.8 Å². The van der Waals surface area contributed by atoms with Gasteiger partial charge in [-0.15, -0.1) is 6.58 Å². The molecule has 14 heavy (non-hydrogen) atoms. The molecule has 0 atom stereocenters. The summed E-state index contributed by atoms with van der Waals surface area (Å²) in [4.78, 5) is 10.2. The number of carbonyl (C=O) groups is 1. The van der Waals surface area contributed by atoms with E-state index < -0.39 is 6.16 Å². The van der Waals surface area contributed by atoms with Gasteiger partial charge in [0.15, 0.2) is 0 Å². The molecule has 0 unspecified atom stereocenters. The van der Waals surface area contributed by atoms with Crippen LogP contribution in [0.4, 0.5) is 4.79 Å². The van der Waals surface area contributed by atoms with Crippen LogP contribution in [0.15, 0.2) is 12.7 Å². The molecule has 86 valence electrons. The van der Waals surface area contributed by atoms with Crippen LogP contribution >= 0.6 is 0 Å². The molecular formula is C10H22O4. The Hall–Kier alpha value is -1.03. The summed E-state index contributed by atoms with van der Waals surface area (Å²) in [6.07, 6.45) is 1.16. The highest BCUT2D eigenvalue weighted by atomic mass is 16.7. The number of aliphatic hydroxyl groups is 1. The molecule has 0 aliphatic rings. The van der Waals surface area contributed by atoms with Gasteiger partial charge in [-0.25, -0.2) is 4.79 Å². The van der Waals surface area contributed by atoms with Gasteiger partial charge in [-0.1, -0.05) is 6.08 Å². The fourth-order valence-electron chi connectivity index (χ4n) is 0.277. The van der Waals surface area contributed by atoms with Gasteiger partial charge in [0, 0.05) is 6.61 Å². The predicted octanol–water partition coefficient (Wildman–Crippen LogP) is 2.37. The smallest absolute Gasteiger partial charge is 0.435 e. The number of aliphatic hydroxyl groups excluding tert-OH is 1. The van der Waals surface area contributed by atoms with Crippen molar-refractivity contribution in [3.63, 3.8) is 0 Å². The van der Waals surface area contributed by atoms with Crippen molar-refractivity contribution in [1.82, 2.24) is 0 Å². The SMILES string of the molecule is C=CC.CCO.CCOC(=O)OCC. The van der Waals surface area contributed by atoms with Crippen molar-refractivity contribution in [2.75, 3.05) is 19.8 Å². The molecule has 0 heterocycles. The fraction of sp³-hybridized carbons (Fsp3) is 0.700. The fourth-order valence-corrected chi connectivity index (χ4v) is 0.277. The highest BCUT2D eigenvalue weighted by Crippen LogP contribution is 1.81. The van der Waals surface area contributed by atoms with Crippen LogP contribution in [0.3, 0.4) is 0 Å². The molecule has 0 amide bonds. The zero-order valence-corrected chi connectivity index (χ0v) is 9.58. The van der Waals surface area contributed by atoms with Gasteiger partial charge in [0.1, 0.15) is 0 Å². The quantitative estimate of drug-likeness (QED) is 0.556. The highest BCUT2D eigenvalue weighted by molar-refractivity contribution is 5.59. The average Bonchev–Trinajstić information content (AvgIpc) is 2.07. The van der Waals surface area contributed by atoms with E-state index in [2.05, 4.69) is 16.1 Å². The van der Waals surface area contributed by atoms with E-state index in [1.807, 2.05) is 6.92 Å². The van der Waals surface area contributed by atoms with Crippen LogP contribution in [0.25, 0.3) is 0 Å². The van der Waals surface area contributed by atoms with Crippen molar-refractivity contribution in [3.8, 4) is 0 Å². The van der Waals surface area contributed by atoms with Gasteiger partial charge in [0.25, 0.3) is 0 Å². The standard InChI is InChI=1S/C5H10O3.C3H6.C2H6O/c1-3-7-5(6)8-4-2;1-3-2;1-2-3/h3-4H2,1-2H3;3H,1H2,2H3;3H,2H2,1H3. The highest BCUT2D eigenvalue weighted by Gasteiger charge is 1.96. The lowest BCUT2D eigenvalue weighted by Crippen LogP contribution is -2.05. The first kappa shape index (κ1) is 18.7. The molecule has 1 N–H and O–H groups in total. The molecule has 0 aromatic heterocycles. The summed E-state index contributed by atoms with van der Waals surface area (Å²) < 4.78 is 8.84. The Morgan fingerprint density at radius 3 is 1.64 bits per heavy atom. The molecule has 0 fully saturated rings. The van der Waals surface area contributed by atoms with E-state index in [4.69, 9.17) is 5.11 Å². The van der Waals surface area contributed by atoms with E-state index >= 15 is 0 Å². The third-order valence-electron chi connectivity index (χ3n) is 0.524.